The van der Waals surface area contributed by atoms with Gasteiger partial charge in [-0.15, -0.1) is 0 Å². The first-order valence-electron chi connectivity index (χ1n) is 9.42. The number of carbonyl (C=O) groups excluding carboxylic acids is 3. The fraction of sp³-hybridized carbons (Fsp3) is 0.524. The Morgan fingerprint density at radius 1 is 1.11 bits per heavy atom. The molecular formula is C21H27N3O4. The van der Waals surface area contributed by atoms with E-state index in [4.69, 9.17) is 10.00 Å². The number of carbonyl (C=O) groups is 3. The van der Waals surface area contributed by atoms with Gasteiger partial charge in [-0.25, -0.2) is 0 Å². The Labute approximate surface area is 165 Å². The molecule has 1 aliphatic carbocycles. The highest BCUT2D eigenvalue weighted by molar-refractivity contribution is 5.94. The second-order valence-electron chi connectivity index (χ2n) is 8.28. The lowest BCUT2D eigenvalue weighted by Crippen LogP contribution is -2.44. The van der Waals surface area contributed by atoms with E-state index in [2.05, 4.69) is 10.6 Å². The molecule has 28 heavy (non-hydrogen) atoms. The van der Waals surface area contributed by atoms with E-state index in [0.717, 1.165) is 12.8 Å². The van der Waals surface area contributed by atoms with Crippen LogP contribution in [0.4, 0.5) is 5.69 Å². The van der Waals surface area contributed by atoms with Gasteiger partial charge in [0.2, 0.25) is 5.91 Å². The van der Waals surface area contributed by atoms with Crippen LogP contribution in [0.3, 0.4) is 0 Å². The fourth-order valence-corrected chi connectivity index (χ4v) is 3.38. The number of benzene rings is 1. The largest absolute Gasteiger partial charge is 0.455 e. The molecule has 0 spiro atoms. The minimum absolute atomic E-state index is 0.0698. The summed E-state index contributed by atoms with van der Waals surface area (Å²) in [4.78, 5) is 37.1. The van der Waals surface area contributed by atoms with Crippen molar-refractivity contribution in [1.82, 2.24) is 5.32 Å². The van der Waals surface area contributed by atoms with Crippen LogP contribution in [0, 0.1) is 16.7 Å². The van der Waals surface area contributed by atoms with Crippen molar-refractivity contribution in [2.45, 2.75) is 58.4 Å². The van der Waals surface area contributed by atoms with Crippen molar-refractivity contribution in [3.05, 3.63) is 29.8 Å². The normalized spacial score (nSPS) is 15.4. The van der Waals surface area contributed by atoms with Gasteiger partial charge in [-0.1, -0.05) is 12.8 Å². The molecule has 1 aliphatic rings. The summed E-state index contributed by atoms with van der Waals surface area (Å²) in [5, 5.41) is 14.3. The number of ether oxygens (including phenoxy) is 1. The molecule has 0 radical (unpaired) electrons. The number of nitriles is 1. The Hall–Kier alpha value is -2.88. The molecule has 7 nitrogen and oxygen atoms in total. The van der Waals surface area contributed by atoms with E-state index >= 15 is 0 Å². The number of hydrogen-bond donors (Lipinski definition) is 2. The number of nitrogens with zero attached hydrogens (tertiary/aromatic N) is 1. The maximum absolute atomic E-state index is 12.7. The van der Waals surface area contributed by atoms with E-state index in [1.165, 1.54) is 0 Å². The molecule has 0 unspecified atom stereocenters. The number of hydrogen-bond acceptors (Lipinski definition) is 5. The molecular weight excluding hydrogens is 358 g/mol. The zero-order chi connectivity index (χ0) is 20.8. The molecule has 2 amide bonds. The Kier molecular flexibility index (Phi) is 6.79. The van der Waals surface area contributed by atoms with Gasteiger partial charge in [0.15, 0.2) is 6.61 Å². The fourth-order valence-electron chi connectivity index (χ4n) is 3.38. The number of rotatable bonds is 6. The molecule has 1 saturated carbocycles. The summed E-state index contributed by atoms with van der Waals surface area (Å²) in [5.41, 5.74) is -0.229. The third-order valence-electron chi connectivity index (χ3n) is 4.64. The van der Waals surface area contributed by atoms with E-state index in [9.17, 15) is 14.4 Å². The van der Waals surface area contributed by atoms with E-state index < -0.39 is 23.9 Å². The van der Waals surface area contributed by atoms with Gasteiger partial charge in [0.25, 0.3) is 5.91 Å². The third-order valence-corrected chi connectivity index (χ3v) is 4.64. The number of amides is 2. The lowest BCUT2D eigenvalue weighted by Gasteiger charge is -2.28. The summed E-state index contributed by atoms with van der Waals surface area (Å²) >= 11 is 0. The van der Waals surface area contributed by atoms with Crippen LogP contribution in [0.25, 0.3) is 0 Å². The number of esters is 1. The molecule has 2 N–H and O–H groups in total. The average Bonchev–Trinajstić information content (AvgIpc) is 3.08. The van der Waals surface area contributed by atoms with Crippen molar-refractivity contribution in [3.63, 3.8) is 0 Å². The second kappa shape index (κ2) is 8.87. The van der Waals surface area contributed by atoms with E-state index in [1.807, 2.05) is 26.8 Å². The maximum atomic E-state index is 12.7. The van der Waals surface area contributed by atoms with Crippen molar-refractivity contribution in [2.75, 3.05) is 11.9 Å². The van der Waals surface area contributed by atoms with E-state index in [0.29, 0.717) is 24.1 Å². The van der Waals surface area contributed by atoms with Crippen LogP contribution in [0.5, 0.6) is 0 Å². The molecule has 1 fully saturated rings. The van der Waals surface area contributed by atoms with Gasteiger partial charge in [-0.2, -0.15) is 5.26 Å². The average molecular weight is 385 g/mol. The van der Waals surface area contributed by atoms with Crippen LogP contribution < -0.4 is 10.6 Å². The lowest BCUT2D eigenvalue weighted by atomic mass is 9.82. The summed E-state index contributed by atoms with van der Waals surface area (Å²) in [7, 11) is 0. The molecule has 0 heterocycles. The van der Waals surface area contributed by atoms with Crippen molar-refractivity contribution in [2.24, 2.45) is 5.41 Å². The maximum Gasteiger partial charge on any atom is 0.313 e. The third kappa shape index (κ3) is 6.08. The first-order valence-corrected chi connectivity index (χ1v) is 9.42. The molecule has 1 aromatic carbocycles. The van der Waals surface area contributed by atoms with Gasteiger partial charge in [-0.05, 0) is 57.9 Å². The molecule has 2 rings (SSSR count). The second-order valence-corrected chi connectivity index (χ2v) is 8.28. The van der Waals surface area contributed by atoms with Gasteiger partial charge in [-0.3, -0.25) is 14.4 Å². The Bertz CT molecular complexity index is 766. The Morgan fingerprint density at radius 2 is 1.71 bits per heavy atom. The predicted octanol–water partition coefficient (Wildman–Crippen LogP) is 2.91. The predicted molar refractivity (Wildman–Crippen MR) is 104 cm³/mol. The highest BCUT2D eigenvalue weighted by atomic mass is 16.5. The molecule has 150 valence electrons. The molecule has 1 aromatic rings. The topological polar surface area (TPSA) is 108 Å². The van der Waals surface area contributed by atoms with Crippen molar-refractivity contribution < 1.29 is 19.1 Å². The molecule has 0 atom stereocenters. The minimum atomic E-state index is -0.857. The highest BCUT2D eigenvalue weighted by Gasteiger charge is 2.44. The molecule has 7 heteroatoms. The zero-order valence-electron chi connectivity index (χ0n) is 16.6. The van der Waals surface area contributed by atoms with Crippen molar-refractivity contribution in [1.29, 1.82) is 5.26 Å². The summed E-state index contributed by atoms with van der Waals surface area (Å²) in [6.07, 6.45) is 2.95. The van der Waals surface area contributed by atoms with Gasteiger partial charge >= 0.3 is 5.97 Å². The zero-order valence-corrected chi connectivity index (χ0v) is 16.6. The first kappa shape index (κ1) is 21.4. The van der Waals surface area contributed by atoms with Crippen LogP contribution in [0.1, 0.15) is 58.4 Å². The number of nitrogens with one attached hydrogen (secondary N) is 2. The molecule has 0 aliphatic heterocycles. The Balaban J connectivity index is 1.91. The minimum Gasteiger partial charge on any atom is -0.455 e. The molecule has 0 aromatic heterocycles. The summed E-state index contributed by atoms with van der Waals surface area (Å²) in [6, 6.07) is 8.38. The highest BCUT2D eigenvalue weighted by Crippen LogP contribution is 2.42. The molecule has 0 bridgehead atoms. The van der Waals surface area contributed by atoms with Gasteiger partial charge < -0.3 is 15.4 Å². The van der Waals surface area contributed by atoms with E-state index in [-0.39, 0.29) is 17.9 Å². The Morgan fingerprint density at radius 3 is 2.25 bits per heavy atom. The summed E-state index contributed by atoms with van der Waals surface area (Å²) in [5.74, 6) is -1.15. The summed E-state index contributed by atoms with van der Waals surface area (Å²) in [6.45, 7) is 5.25. The number of anilines is 1. The summed E-state index contributed by atoms with van der Waals surface area (Å²) < 4.78 is 5.26. The monoisotopic (exact) mass is 385 g/mol. The lowest BCUT2D eigenvalue weighted by molar-refractivity contribution is -0.160. The van der Waals surface area contributed by atoms with Crippen LogP contribution in [0.2, 0.25) is 0 Å². The van der Waals surface area contributed by atoms with Crippen LogP contribution in [-0.4, -0.2) is 29.9 Å². The SMILES string of the molecule is CC(C)(C)NC(=O)CC1(C(=O)OCC(=O)Nc2ccc(C#N)cc2)CCCC1. The standard InChI is InChI=1S/C21H27N3O4/c1-20(2,3)24-17(25)12-21(10-4-5-11-21)19(27)28-14-18(26)23-16-8-6-15(13-22)7-9-16/h6-9H,4-5,10-12,14H2,1-3H3,(H,23,26)(H,24,25). The van der Waals surface area contributed by atoms with Crippen LogP contribution in [-0.2, 0) is 19.1 Å². The first-order chi connectivity index (χ1) is 13.1. The van der Waals surface area contributed by atoms with Gasteiger partial charge in [0.1, 0.15) is 0 Å². The van der Waals surface area contributed by atoms with Crippen LogP contribution in [0.15, 0.2) is 24.3 Å². The van der Waals surface area contributed by atoms with Gasteiger partial charge in [0, 0.05) is 17.6 Å². The smallest absolute Gasteiger partial charge is 0.313 e. The van der Waals surface area contributed by atoms with Crippen molar-refractivity contribution in [3.8, 4) is 6.07 Å². The molecule has 0 saturated heterocycles. The van der Waals surface area contributed by atoms with E-state index in [1.54, 1.807) is 24.3 Å². The van der Waals surface area contributed by atoms with Crippen LogP contribution >= 0.6 is 0 Å². The quantitative estimate of drug-likeness (QED) is 0.732. The van der Waals surface area contributed by atoms with Crippen molar-refractivity contribution >= 4 is 23.5 Å². The van der Waals surface area contributed by atoms with Gasteiger partial charge in [0.05, 0.1) is 17.0 Å².